The Hall–Kier alpha value is -1.06. The first-order valence-electron chi connectivity index (χ1n) is 4.01. The molecule has 0 aliphatic heterocycles. The van der Waals surface area contributed by atoms with Gasteiger partial charge in [0.25, 0.3) is 0 Å². The molecule has 0 unspecified atom stereocenters. The molecule has 0 saturated heterocycles. The van der Waals surface area contributed by atoms with E-state index >= 15 is 0 Å². The molecular formula is C10H16CuO4. The number of carbonyl (C=O) groups excluding carboxylic acids is 2. The Bertz CT molecular complexity index is 231. The number of hydrogen-bond acceptors (Lipinski definition) is 4. The standard InChI is InChI=1S/2C5H8O2.Cu/c2*1-4(6)3-5(2)7;/h2*3,6H,1-2H3;. The molecule has 2 N–H and O–H groups in total. The van der Waals surface area contributed by atoms with Crippen molar-refractivity contribution >= 4 is 11.6 Å². The summed E-state index contributed by atoms with van der Waals surface area (Å²) in [5, 5.41) is 16.7. The molecule has 1 radical (unpaired) electrons. The van der Waals surface area contributed by atoms with Crippen molar-refractivity contribution in [3.63, 3.8) is 0 Å². The third-order valence-electron chi connectivity index (χ3n) is 0.824. The van der Waals surface area contributed by atoms with Gasteiger partial charge in [-0.2, -0.15) is 0 Å². The molecule has 0 aromatic heterocycles. The zero-order valence-corrected chi connectivity index (χ0v) is 10.1. The average Bonchev–Trinajstić information content (AvgIpc) is 1.79. The first-order valence-corrected chi connectivity index (χ1v) is 4.01. The Balaban J connectivity index is -0.000000180. The van der Waals surface area contributed by atoms with Crippen molar-refractivity contribution in [3.8, 4) is 0 Å². The number of allylic oxidation sites excluding steroid dienone is 4. The molecule has 0 saturated carbocycles. The van der Waals surface area contributed by atoms with Crippen LogP contribution in [0, 0.1) is 0 Å². The van der Waals surface area contributed by atoms with Crippen molar-refractivity contribution < 1.29 is 36.9 Å². The van der Waals surface area contributed by atoms with Gasteiger partial charge in [-0.3, -0.25) is 9.59 Å². The summed E-state index contributed by atoms with van der Waals surface area (Å²) in [6.07, 6.45) is 2.33. The minimum absolute atomic E-state index is 0. The SMILES string of the molecule is CC(=O)C=C(C)O.CC(=O)C=C(C)O.[Cu]. The summed E-state index contributed by atoms with van der Waals surface area (Å²) in [6, 6.07) is 0. The second kappa shape index (κ2) is 11.0. The van der Waals surface area contributed by atoms with Crippen LogP contribution in [-0.2, 0) is 26.7 Å². The fourth-order valence-corrected chi connectivity index (χ4v) is 0.588. The summed E-state index contributed by atoms with van der Waals surface area (Å²) < 4.78 is 0. The van der Waals surface area contributed by atoms with Gasteiger partial charge < -0.3 is 10.2 Å². The molecule has 0 spiro atoms. The van der Waals surface area contributed by atoms with E-state index in [4.69, 9.17) is 10.2 Å². The molecule has 0 aromatic rings. The molecule has 0 rings (SSSR count). The third-order valence-corrected chi connectivity index (χ3v) is 0.824. The number of rotatable bonds is 2. The number of hydrogen-bond donors (Lipinski definition) is 2. The summed E-state index contributed by atoms with van der Waals surface area (Å²) in [7, 11) is 0. The molecule has 0 heterocycles. The van der Waals surface area contributed by atoms with Crippen molar-refractivity contribution in [1.82, 2.24) is 0 Å². The Labute approximate surface area is 100 Å². The summed E-state index contributed by atoms with van der Waals surface area (Å²) in [5.41, 5.74) is 0. The van der Waals surface area contributed by atoms with Crippen molar-refractivity contribution in [3.05, 3.63) is 23.7 Å². The van der Waals surface area contributed by atoms with E-state index in [0.717, 1.165) is 0 Å². The molecular weight excluding hydrogens is 248 g/mol. The zero-order chi connectivity index (χ0) is 11.7. The number of ketones is 2. The monoisotopic (exact) mass is 263 g/mol. The van der Waals surface area contributed by atoms with Crippen LogP contribution in [0.5, 0.6) is 0 Å². The van der Waals surface area contributed by atoms with Crippen LogP contribution in [0.25, 0.3) is 0 Å². The van der Waals surface area contributed by atoms with Crippen LogP contribution in [0.15, 0.2) is 23.7 Å². The zero-order valence-electron chi connectivity index (χ0n) is 9.17. The largest absolute Gasteiger partial charge is 0.512 e. The first kappa shape index (κ1) is 19.5. The Morgan fingerprint density at radius 3 is 1.00 bits per heavy atom. The van der Waals surface area contributed by atoms with E-state index in [0.29, 0.717) is 0 Å². The van der Waals surface area contributed by atoms with Gasteiger partial charge in [0.15, 0.2) is 11.6 Å². The maximum absolute atomic E-state index is 10.0. The summed E-state index contributed by atoms with van der Waals surface area (Å²) in [4.78, 5) is 20.0. The maximum atomic E-state index is 10.0. The molecule has 0 fully saturated rings. The smallest absolute Gasteiger partial charge is 0.155 e. The molecule has 4 nitrogen and oxygen atoms in total. The number of aliphatic hydroxyl groups excluding tert-OH is 2. The molecule has 0 aliphatic carbocycles. The van der Waals surface area contributed by atoms with Crippen LogP contribution in [-0.4, -0.2) is 21.8 Å². The van der Waals surface area contributed by atoms with Gasteiger partial charge in [-0.25, -0.2) is 0 Å². The number of carbonyl (C=O) groups is 2. The first-order chi connectivity index (χ1) is 6.25. The Morgan fingerprint density at radius 1 is 0.800 bits per heavy atom. The van der Waals surface area contributed by atoms with Crippen LogP contribution < -0.4 is 0 Å². The van der Waals surface area contributed by atoms with Gasteiger partial charge in [0.2, 0.25) is 0 Å². The second-order valence-corrected chi connectivity index (χ2v) is 2.79. The average molecular weight is 264 g/mol. The predicted octanol–water partition coefficient (Wildman–Crippen LogP) is 2.07. The third kappa shape index (κ3) is 32.2. The van der Waals surface area contributed by atoms with Crippen LogP contribution in [0.3, 0.4) is 0 Å². The fraction of sp³-hybridized carbons (Fsp3) is 0.400. The second-order valence-electron chi connectivity index (χ2n) is 2.79. The van der Waals surface area contributed by atoms with Gasteiger partial charge in [0, 0.05) is 29.2 Å². The van der Waals surface area contributed by atoms with E-state index in [1.807, 2.05) is 0 Å². The molecule has 0 bridgehead atoms. The van der Waals surface area contributed by atoms with Crippen molar-refractivity contribution in [1.29, 1.82) is 0 Å². The Kier molecular flexibility index (Phi) is 14.3. The quantitative estimate of drug-likeness (QED) is 0.454. The van der Waals surface area contributed by atoms with Crippen molar-refractivity contribution in [2.24, 2.45) is 0 Å². The van der Waals surface area contributed by atoms with Crippen LogP contribution in [0.1, 0.15) is 27.7 Å². The summed E-state index contributed by atoms with van der Waals surface area (Å²) >= 11 is 0. The number of aliphatic hydroxyl groups is 2. The summed E-state index contributed by atoms with van der Waals surface area (Å²) in [6.45, 7) is 5.70. The van der Waals surface area contributed by atoms with Crippen molar-refractivity contribution in [2.45, 2.75) is 27.7 Å². The van der Waals surface area contributed by atoms with Gasteiger partial charge in [-0.1, -0.05) is 0 Å². The topological polar surface area (TPSA) is 74.6 Å². The molecule has 15 heavy (non-hydrogen) atoms. The van der Waals surface area contributed by atoms with Crippen LogP contribution >= 0.6 is 0 Å². The van der Waals surface area contributed by atoms with E-state index in [2.05, 4.69) is 0 Å². The van der Waals surface area contributed by atoms with E-state index in [1.165, 1.54) is 39.8 Å². The predicted molar refractivity (Wildman–Crippen MR) is 54.1 cm³/mol. The van der Waals surface area contributed by atoms with Crippen molar-refractivity contribution in [2.75, 3.05) is 0 Å². The molecule has 0 aromatic carbocycles. The van der Waals surface area contributed by atoms with E-state index in [9.17, 15) is 9.59 Å². The van der Waals surface area contributed by atoms with E-state index in [1.54, 1.807) is 0 Å². The van der Waals surface area contributed by atoms with E-state index in [-0.39, 0.29) is 40.2 Å². The molecule has 0 atom stereocenters. The molecule has 0 aliphatic rings. The van der Waals surface area contributed by atoms with E-state index < -0.39 is 0 Å². The fourth-order valence-electron chi connectivity index (χ4n) is 0.588. The van der Waals surface area contributed by atoms with Gasteiger partial charge in [-0.05, 0) is 27.7 Å². The Morgan fingerprint density at radius 2 is 1.00 bits per heavy atom. The summed E-state index contributed by atoms with van der Waals surface area (Å²) in [5.74, 6) is -0.125. The van der Waals surface area contributed by atoms with Gasteiger partial charge >= 0.3 is 0 Å². The minimum atomic E-state index is -0.125. The van der Waals surface area contributed by atoms with Gasteiger partial charge in [0.05, 0.1) is 11.5 Å². The molecule has 5 heteroatoms. The van der Waals surface area contributed by atoms with Gasteiger partial charge in [0.1, 0.15) is 0 Å². The van der Waals surface area contributed by atoms with Crippen LogP contribution in [0.4, 0.5) is 0 Å². The van der Waals surface area contributed by atoms with Crippen LogP contribution in [0.2, 0.25) is 0 Å². The van der Waals surface area contributed by atoms with Gasteiger partial charge in [-0.15, -0.1) is 0 Å². The normalized spacial score (nSPS) is 10.7. The molecule has 0 amide bonds. The maximum Gasteiger partial charge on any atom is 0.155 e. The molecule has 91 valence electrons. The minimum Gasteiger partial charge on any atom is -0.512 e.